The number of halogens is 1. The van der Waals surface area contributed by atoms with Gasteiger partial charge in [0, 0.05) is 34.5 Å². The van der Waals surface area contributed by atoms with Gasteiger partial charge in [0.2, 0.25) is 4.99 Å². The molecule has 0 radical (unpaired) electrons. The third-order valence-corrected chi connectivity index (χ3v) is 6.14. The van der Waals surface area contributed by atoms with E-state index in [1.54, 1.807) is 12.1 Å². The predicted octanol–water partition coefficient (Wildman–Crippen LogP) is 2.10. The number of aromatic amines is 1. The van der Waals surface area contributed by atoms with Crippen LogP contribution in [-0.4, -0.2) is 30.9 Å². The largest absolute Gasteiger partial charge is 0.335 e. The van der Waals surface area contributed by atoms with Gasteiger partial charge in [0.1, 0.15) is 5.82 Å². The number of aromatic nitrogens is 1. The van der Waals surface area contributed by atoms with Gasteiger partial charge in [0.15, 0.2) is 9.84 Å². The number of pyridine rings is 1. The third kappa shape index (κ3) is 2.74. The second-order valence-corrected chi connectivity index (χ2v) is 8.57. The maximum atomic E-state index is 12.4. The van der Waals surface area contributed by atoms with E-state index in [2.05, 4.69) is 15.3 Å². The summed E-state index contributed by atoms with van der Waals surface area (Å²) in [5.41, 5.74) is 0.861. The molecule has 8 heteroatoms. The lowest BCUT2D eigenvalue weighted by atomic mass is 9.92. The molecule has 0 amide bonds. The molecule has 1 aromatic rings. The molecule has 1 aliphatic carbocycles. The van der Waals surface area contributed by atoms with Crippen molar-refractivity contribution in [2.45, 2.75) is 24.3 Å². The predicted molar refractivity (Wildman–Crippen MR) is 92.0 cm³/mol. The maximum absolute atomic E-state index is 12.4. The molecule has 2 atom stereocenters. The average molecular weight is 354 g/mol. The van der Waals surface area contributed by atoms with E-state index in [4.69, 9.17) is 11.6 Å². The molecule has 2 N–H and O–H groups in total. The van der Waals surface area contributed by atoms with E-state index >= 15 is 0 Å². The van der Waals surface area contributed by atoms with Gasteiger partial charge < -0.3 is 10.3 Å². The zero-order valence-electron chi connectivity index (χ0n) is 12.6. The van der Waals surface area contributed by atoms with Crippen LogP contribution in [0.3, 0.4) is 0 Å². The lowest BCUT2D eigenvalue weighted by Crippen LogP contribution is -2.44. The molecule has 3 rings (SSSR count). The quantitative estimate of drug-likeness (QED) is 0.851. The summed E-state index contributed by atoms with van der Waals surface area (Å²) in [5, 5.41) is 3.39. The average Bonchev–Trinajstić information content (AvgIpc) is 2.46. The molecule has 122 valence electrons. The number of H-pyrrole nitrogens is 1. The fraction of sp³-hybridized carbons (Fsp3) is 0.333. The Morgan fingerprint density at radius 1 is 1.43 bits per heavy atom. The van der Waals surface area contributed by atoms with Gasteiger partial charge in [0.25, 0.3) is 5.56 Å². The number of nitrogens with one attached hydrogen (secondary N) is 2. The minimum atomic E-state index is -3.49. The smallest absolute Gasteiger partial charge is 0.253 e. The second kappa shape index (κ2) is 5.35. The standard InChI is InChI=1S/C15H16ClN3O3S/c1-15(23(2,21)22)17-8-9-7-11(14(20)18-13(9)19-15)10-5-3-4-6-12(10)16/h3-4,6-8,10H,5H2,1-2H3,(H2,18,19,20). The molecule has 0 bridgehead atoms. The van der Waals surface area contributed by atoms with Crippen LogP contribution in [0, 0.1) is 0 Å². The van der Waals surface area contributed by atoms with Gasteiger partial charge in [-0.3, -0.25) is 4.79 Å². The Bertz CT molecular complexity index is 914. The zero-order chi connectivity index (χ0) is 16.8. The van der Waals surface area contributed by atoms with Crippen LogP contribution in [0.2, 0.25) is 0 Å². The third-order valence-electron chi connectivity index (χ3n) is 4.10. The first-order valence-corrected chi connectivity index (χ1v) is 9.31. The summed E-state index contributed by atoms with van der Waals surface area (Å²) in [6.45, 7) is 1.44. The van der Waals surface area contributed by atoms with Crippen LogP contribution in [0.15, 0.2) is 39.1 Å². The van der Waals surface area contributed by atoms with Gasteiger partial charge in [-0.25, -0.2) is 13.4 Å². The molecule has 2 unspecified atom stereocenters. The number of hydrogen-bond acceptors (Lipinski definition) is 5. The number of aliphatic imine (C=N–C) groups is 1. The fourth-order valence-electron chi connectivity index (χ4n) is 2.55. The maximum Gasteiger partial charge on any atom is 0.253 e. The fourth-order valence-corrected chi connectivity index (χ4v) is 3.36. The summed E-state index contributed by atoms with van der Waals surface area (Å²) in [7, 11) is -3.49. The molecule has 23 heavy (non-hydrogen) atoms. The minimum Gasteiger partial charge on any atom is -0.335 e. The highest BCUT2D eigenvalue weighted by Gasteiger charge is 2.38. The van der Waals surface area contributed by atoms with Crippen molar-refractivity contribution in [1.82, 2.24) is 4.98 Å². The van der Waals surface area contributed by atoms with E-state index in [-0.39, 0.29) is 11.5 Å². The Kier molecular flexibility index (Phi) is 3.72. The van der Waals surface area contributed by atoms with Crippen molar-refractivity contribution in [2.24, 2.45) is 4.99 Å². The van der Waals surface area contributed by atoms with Crippen molar-refractivity contribution in [3.8, 4) is 0 Å². The summed E-state index contributed by atoms with van der Waals surface area (Å²) >= 11 is 6.21. The van der Waals surface area contributed by atoms with Crippen molar-refractivity contribution < 1.29 is 8.42 Å². The van der Waals surface area contributed by atoms with Gasteiger partial charge >= 0.3 is 0 Å². The SMILES string of the molecule is CC1(S(C)(=O)=O)N=Cc2cc(C3CC=CC=C3Cl)c(=O)[nH]c2N1. The number of anilines is 1. The molecule has 2 heterocycles. The molecule has 0 spiro atoms. The highest BCUT2D eigenvalue weighted by molar-refractivity contribution is 7.92. The highest BCUT2D eigenvalue weighted by atomic mass is 35.5. The Morgan fingerprint density at radius 3 is 2.83 bits per heavy atom. The van der Waals surface area contributed by atoms with Crippen LogP contribution in [0.5, 0.6) is 0 Å². The van der Waals surface area contributed by atoms with Gasteiger partial charge in [0.05, 0.1) is 0 Å². The number of fused-ring (bicyclic) bond motifs is 1. The number of nitrogens with zero attached hydrogens (tertiary/aromatic N) is 1. The molecule has 0 aromatic carbocycles. The molecule has 2 aliphatic rings. The summed E-state index contributed by atoms with van der Waals surface area (Å²) in [4.78, 5) is 17.7. The first-order valence-electron chi connectivity index (χ1n) is 7.04. The van der Waals surface area contributed by atoms with Crippen molar-refractivity contribution in [2.75, 3.05) is 11.6 Å². The summed E-state index contributed by atoms with van der Waals surface area (Å²) < 4.78 is 23.7. The first-order chi connectivity index (χ1) is 10.7. The van der Waals surface area contributed by atoms with E-state index in [1.165, 1.54) is 13.1 Å². The monoisotopic (exact) mass is 353 g/mol. The van der Waals surface area contributed by atoms with E-state index in [1.807, 2.05) is 12.2 Å². The second-order valence-electron chi connectivity index (χ2n) is 5.79. The van der Waals surface area contributed by atoms with Crippen molar-refractivity contribution in [3.63, 3.8) is 0 Å². The van der Waals surface area contributed by atoms with Gasteiger partial charge in [-0.15, -0.1) is 0 Å². The summed E-state index contributed by atoms with van der Waals surface area (Å²) in [6.07, 6.45) is 8.76. The van der Waals surface area contributed by atoms with Crippen LogP contribution < -0.4 is 10.9 Å². The van der Waals surface area contributed by atoms with Gasteiger partial charge in [-0.1, -0.05) is 23.8 Å². The number of hydrogen-bond donors (Lipinski definition) is 2. The minimum absolute atomic E-state index is 0.202. The molecule has 1 aliphatic heterocycles. The van der Waals surface area contributed by atoms with E-state index in [9.17, 15) is 13.2 Å². The van der Waals surface area contributed by atoms with Crippen LogP contribution in [0.1, 0.15) is 30.4 Å². The van der Waals surface area contributed by atoms with Crippen LogP contribution in [0.4, 0.5) is 5.82 Å². The zero-order valence-corrected chi connectivity index (χ0v) is 14.2. The van der Waals surface area contributed by atoms with E-state index in [0.717, 1.165) is 6.26 Å². The molecular formula is C15H16ClN3O3S. The number of allylic oxidation sites excluding steroid dienone is 4. The lowest BCUT2D eigenvalue weighted by molar-refractivity contribution is 0.563. The normalized spacial score (nSPS) is 26.4. The van der Waals surface area contributed by atoms with Gasteiger partial charge in [-0.2, -0.15) is 0 Å². The Hall–Kier alpha value is -1.86. The molecular weight excluding hydrogens is 338 g/mol. The first kappa shape index (κ1) is 16.0. The Balaban J connectivity index is 2.06. The topological polar surface area (TPSA) is 91.4 Å². The molecule has 1 aromatic heterocycles. The van der Waals surface area contributed by atoms with Gasteiger partial charge in [-0.05, 0) is 25.5 Å². The lowest BCUT2D eigenvalue weighted by Gasteiger charge is -2.30. The van der Waals surface area contributed by atoms with Crippen LogP contribution in [0.25, 0.3) is 0 Å². The highest BCUT2D eigenvalue weighted by Crippen LogP contribution is 2.34. The number of rotatable bonds is 2. The van der Waals surface area contributed by atoms with E-state index in [0.29, 0.717) is 28.4 Å². The molecule has 6 nitrogen and oxygen atoms in total. The molecule has 0 saturated heterocycles. The summed E-state index contributed by atoms with van der Waals surface area (Å²) in [6, 6.07) is 1.70. The van der Waals surface area contributed by atoms with E-state index < -0.39 is 14.8 Å². The van der Waals surface area contributed by atoms with Crippen LogP contribution >= 0.6 is 11.6 Å². The Morgan fingerprint density at radius 2 is 2.17 bits per heavy atom. The Labute approximate surface area is 138 Å². The van der Waals surface area contributed by atoms with Crippen molar-refractivity contribution in [1.29, 1.82) is 0 Å². The van der Waals surface area contributed by atoms with Crippen molar-refractivity contribution >= 4 is 33.5 Å². The number of sulfone groups is 1. The van der Waals surface area contributed by atoms with Crippen molar-refractivity contribution in [3.05, 3.63) is 50.8 Å². The molecule has 0 fully saturated rings. The summed E-state index contributed by atoms with van der Waals surface area (Å²) in [5.74, 6) is 0.139. The molecule has 0 saturated carbocycles. The van der Waals surface area contributed by atoms with Crippen LogP contribution in [-0.2, 0) is 9.84 Å².